The molecule has 0 unspecified atom stereocenters. The maximum absolute atomic E-state index is 12.2. The fourth-order valence-corrected chi connectivity index (χ4v) is 3.54. The molecule has 3 N–H and O–H groups in total. The van der Waals surface area contributed by atoms with Crippen molar-refractivity contribution in [3.05, 3.63) is 65.7 Å². The van der Waals surface area contributed by atoms with Crippen molar-refractivity contribution in [3.8, 4) is 0 Å². The highest BCUT2D eigenvalue weighted by atomic mass is 16.2. The largest absolute Gasteiger partial charge is 0.350 e. The SMILES string of the molecule is O=C(CC1CCCC1)Nc1ccc(C(=O)NCCNC(=O)c2ccccc2)cc1. The average Bonchev–Trinajstić information content (AvgIpc) is 3.25. The van der Waals surface area contributed by atoms with Gasteiger partial charge in [-0.2, -0.15) is 0 Å². The Balaban J connectivity index is 1.38. The molecule has 0 atom stereocenters. The summed E-state index contributed by atoms with van der Waals surface area (Å²) >= 11 is 0. The van der Waals surface area contributed by atoms with Gasteiger partial charge in [0, 0.05) is 36.3 Å². The number of nitrogens with one attached hydrogen (secondary N) is 3. The van der Waals surface area contributed by atoms with Crippen LogP contribution in [-0.4, -0.2) is 30.8 Å². The summed E-state index contributed by atoms with van der Waals surface area (Å²) < 4.78 is 0. The van der Waals surface area contributed by atoms with Gasteiger partial charge in [0.2, 0.25) is 5.91 Å². The molecular formula is C23H27N3O3. The second kappa shape index (κ2) is 10.4. The monoisotopic (exact) mass is 393 g/mol. The molecule has 6 heteroatoms. The highest BCUT2D eigenvalue weighted by Crippen LogP contribution is 2.27. The number of amides is 3. The summed E-state index contributed by atoms with van der Waals surface area (Å²) in [6, 6.07) is 15.8. The molecule has 29 heavy (non-hydrogen) atoms. The summed E-state index contributed by atoms with van der Waals surface area (Å²) in [7, 11) is 0. The zero-order valence-electron chi connectivity index (χ0n) is 16.4. The van der Waals surface area contributed by atoms with Crippen molar-refractivity contribution in [1.82, 2.24) is 10.6 Å². The van der Waals surface area contributed by atoms with Gasteiger partial charge in [-0.15, -0.1) is 0 Å². The van der Waals surface area contributed by atoms with Crippen LogP contribution < -0.4 is 16.0 Å². The zero-order chi connectivity index (χ0) is 20.5. The number of benzene rings is 2. The minimum Gasteiger partial charge on any atom is -0.350 e. The van der Waals surface area contributed by atoms with Crippen LogP contribution in [0.25, 0.3) is 0 Å². The second-order valence-corrected chi connectivity index (χ2v) is 7.36. The Labute approximate surface area is 171 Å². The Morgan fingerprint density at radius 3 is 1.90 bits per heavy atom. The first-order valence-corrected chi connectivity index (χ1v) is 10.1. The zero-order valence-corrected chi connectivity index (χ0v) is 16.4. The van der Waals surface area contributed by atoms with Crippen LogP contribution >= 0.6 is 0 Å². The number of rotatable bonds is 8. The van der Waals surface area contributed by atoms with Crippen LogP contribution in [0.5, 0.6) is 0 Å². The lowest BCUT2D eigenvalue weighted by Gasteiger charge is -2.10. The number of carbonyl (C=O) groups excluding carboxylic acids is 3. The van der Waals surface area contributed by atoms with Crippen LogP contribution in [0.3, 0.4) is 0 Å². The van der Waals surface area contributed by atoms with Gasteiger partial charge < -0.3 is 16.0 Å². The standard InChI is InChI=1S/C23H27N3O3/c27-21(16-17-6-4-5-7-17)26-20-12-10-19(11-13-20)23(29)25-15-14-24-22(28)18-8-2-1-3-9-18/h1-3,8-13,17H,4-7,14-16H2,(H,24,28)(H,25,29)(H,26,27). The molecule has 0 aliphatic heterocycles. The fourth-order valence-electron chi connectivity index (χ4n) is 3.54. The van der Waals surface area contributed by atoms with Crippen LogP contribution in [0, 0.1) is 5.92 Å². The summed E-state index contributed by atoms with van der Waals surface area (Å²) in [4.78, 5) is 36.2. The third kappa shape index (κ3) is 6.45. The van der Waals surface area contributed by atoms with Crippen LogP contribution in [0.2, 0.25) is 0 Å². The third-order valence-corrected chi connectivity index (χ3v) is 5.11. The lowest BCUT2D eigenvalue weighted by molar-refractivity contribution is -0.117. The highest BCUT2D eigenvalue weighted by Gasteiger charge is 2.18. The second-order valence-electron chi connectivity index (χ2n) is 7.36. The molecule has 2 aromatic rings. The van der Waals surface area contributed by atoms with Crippen molar-refractivity contribution in [2.24, 2.45) is 5.92 Å². The molecule has 1 aliphatic rings. The van der Waals surface area contributed by atoms with Gasteiger partial charge in [0.05, 0.1) is 0 Å². The fraction of sp³-hybridized carbons (Fsp3) is 0.348. The van der Waals surface area contributed by atoms with Gasteiger partial charge in [0.25, 0.3) is 11.8 Å². The smallest absolute Gasteiger partial charge is 0.251 e. The van der Waals surface area contributed by atoms with Crippen LogP contribution in [-0.2, 0) is 4.79 Å². The lowest BCUT2D eigenvalue weighted by Crippen LogP contribution is -2.34. The quantitative estimate of drug-likeness (QED) is 0.601. The molecule has 0 aromatic heterocycles. The van der Waals surface area contributed by atoms with Gasteiger partial charge in [0.1, 0.15) is 0 Å². The summed E-state index contributed by atoms with van der Waals surface area (Å²) in [5, 5.41) is 8.44. The first-order valence-electron chi connectivity index (χ1n) is 10.1. The molecule has 1 fully saturated rings. The van der Waals surface area contributed by atoms with Gasteiger partial charge in [-0.05, 0) is 55.2 Å². The molecular weight excluding hydrogens is 366 g/mol. The molecule has 0 radical (unpaired) electrons. The third-order valence-electron chi connectivity index (χ3n) is 5.11. The van der Waals surface area contributed by atoms with Crippen molar-refractivity contribution < 1.29 is 14.4 Å². The van der Waals surface area contributed by atoms with Crippen LogP contribution in [0.15, 0.2) is 54.6 Å². The van der Waals surface area contributed by atoms with Gasteiger partial charge in [0.15, 0.2) is 0 Å². The molecule has 1 saturated carbocycles. The first-order chi connectivity index (χ1) is 14.1. The van der Waals surface area contributed by atoms with E-state index in [1.165, 1.54) is 12.8 Å². The minimum absolute atomic E-state index is 0.0308. The van der Waals surface area contributed by atoms with E-state index in [9.17, 15) is 14.4 Å². The van der Waals surface area contributed by atoms with Crippen LogP contribution in [0.1, 0.15) is 52.8 Å². The Hall–Kier alpha value is -3.15. The summed E-state index contributed by atoms with van der Waals surface area (Å²) in [5.74, 6) is 0.144. The first kappa shape index (κ1) is 20.6. The Morgan fingerprint density at radius 1 is 0.759 bits per heavy atom. The van der Waals surface area contributed by atoms with Crippen molar-refractivity contribution in [2.45, 2.75) is 32.1 Å². The Morgan fingerprint density at radius 2 is 1.31 bits per heavy atom. The molecule has 0 heterocycles. The van der Waals surface area contributed by atoms with Crippen molar-refractivity contribution in [1.29, 1.82) is 0 Å². The maximum Gasteiger partial charge on any atom is 0.251 e. The Bertz CT molecular complexity index is 828. The molecule has 0 bridgehead atoms. The van der Waals surface area contributed by atoms with Gasteiger partial charge in [-0.25, -0.2) is 0 Å². The van der Waals surface area contributed by atoms with Gasteiger partial charge in [-0.3, -0.25) is 14.4 Å². The van der Waals surface area contributed by atoms with Crippen molar-refractivity contribution in [3.63, 3.8) is 0 Å². The molecule has 0 spiro atoms. The van der Waals surface area contributed by atoms with Crippen molar-refractivity contribution in [2.75, 3.05) is 18.4 Å². The topological polar surface area (TPSA) is 87.3 Å². The number of hydrogen-bond donors (Lipinski definition) is 3. The molecule has 3 amide bonds. The van der Waals surface area contributed by atoms with E-state index in [-0.39, 0.29) is 17.7 Å². The Kier molecular flexibility index (Phi) is 7.39. The van der Waals surface area contributed by atoms with Crippen LogP contribution in [0.4, 0.5) is 5.69 Å². The normalized spacial score (nSPS) is 13.7. The molecule has 0 saturated heterocycles. The molecule has 152 valence electrons. The summed E-state index contributed by atoms with van der Waals surface area (Å²) in [6.45, 7) is 0.673. The molecule has 1 aliphatic carbocycles. The highest BCUT2D eigenvalue weighted by molar-refractivity contribution is 5.96. The van der Waals surface area contributed by atoms with E-state index >= 15 is 0 Å². The van der Waals surface area contributed by atoms with Gasteiger partial charge >= 0.3 is 0 Å². The molecule has 3 rings (SSSR count). The molecule has 2 aromatic carbocycles. The molecule has 6 nitrogen and oxygen atoms in total. The predicted octanol–water partition coefficient (Wildman–Crippen LogP) is 3.37. The number of anilines is 1. The van der Waals surface area contributed by atoms with E-state index in [1.54, 1.807) is 48.5 Å². The summed E-state index contributed by atoms with van der Waals surface area (Å²) in [5.41, 5.74) is 1.79. The lowest BCUT2D eigenvalue weighted by atomic mass is 10.0. The average molecular weight is 393 g/mol. The summed E-state index contributed by atoms with van der Waals surface area (Å²) in [6.07, 6.45) is 5.28. The van der Waals surface area contributed by atoms with E-state index < -0.39 is 0 Å². The number of hydrogen-bond acceptors (Lipinski definition) is 3. The van der Waals surface area contributed by atoms with Crippen molar-refractivity contribution >= 4 is 23.4 Å². The maximum atomic E-state index is 12.2. The number of carbonyl (C=O) groups is 3. The van der Waals surface area contributed by atoms with E-state index in [0.29, 0.717) is 42.2 Å². The van der Waals surface area contributed by atoms with E-state index in [0.717, 1.165) is 12.8 Å². The van der Waals surface area contributed by atoms with Gasteiger partial charge in [-0.1, -0.05) is 31.0 Å². The minimum atomic E-state index is -0.220. The predicted molar refractivity (Wildman–Crippen MR) is 113 cm³/mol. The van der Waals surface area contributed by atoms with E-state index in [4.69, 9.17) is 0 Å². The van der Waals surface area contributed by atoms with E-state index in [2.05, 4.69) is 16.0 Å². The van der Waals surface area contributed by atoms with E-state index in [1.807, 2.05) is 6.07 Å².